The number of rotatable bonds is 9. The second kappa shape index (κ2) is 9.87. The van der Waals surface area contributed by atoms with E-state index < -0.39 is 6.10 Å². The molecule has 2 rings (SSSR count). The van der Waals surface area contributed by atoms with Crippen molar-refractivity contribution in [3.05, 3.63) is 28.8 Å². The lowest BCUT2D eigenvalue weighted by Gasteiger charge is -2.16. The van der Waals surface area contributed by atoms with Gasteiger partial charge in [0.2, 0.25) is 0 Å². The fourth-order valence-electron chi connectivity index (χ4n) is 2.51. The van der Waals surface area contributed by atoms with Crippen LogP contribution in [-0.2, 0) is 14.3 Å². The number of aryl methyl sites for hydroxylation is 1. The van der Waals surface area contributed by atoms with Crippen molar-refractivity contribution in [3.8, 4) is 5.75 Å². The summed E-state index contributed by atoms with van der Waals surface area (Å²) < 4.78 is 16.7. The fourth-order valence-corrected chi connectivity index (χ4v) is 2.74. The summed E-state index contributed by atoms with van der Waals surface area (Å²) >= 11 is 5.91. The lowest BCUT2D eigenvalue weighted by molar-refractivity contribution is -0.127. The second-order valence-electron chi connectivity index (χ2n) is 6.02. The van der Waals surface area contributed by atoms with Gasteiger partial charge in [0.25, 0.3) is 5.91 Å². The Morgan fingerprint density at radius 3 is 3.04 bits per heavy atom. The van der Waals surface area contributed by atoms with Crippen molar-refractivity contribution in [3.63, 3.8) is 0 Å². The minimum atomic E-state index is -0.558. The van der Waals surface area contributed by atoms with Gasteiger partial charge in [0, 0.05) is 24.8 Å². The van der Waals surface area contributed by atoms with E-state index >= 15 is 0 Å². The maximum absolute atomic E-state index is 12.0. The molecule has 0 saturated carbocycles. The zero-order chi connectivity index (χ0) is 17.4. The maximum atomic E-state index is 12.0. The first kappa shape index (κ1) is 19.0. The quantitative estimate of drug-likeness (QED) is 0.691. The second-order valence-corrected chi connectivity index (χ2v) is 6.46. The van der Waals surface area contributed by atoms with E-state index in [0.29, 0.717) is 30.5 Å². The van der Waals surface area contributed by atoms with Gasteiger partial charge >= 0.3 is 0 Å². The van der Waals surface area contributed by atoms with Gasteiger partial charge < -0.3 is 19.5 Å². The number of amides is 1. The van der Waals surface area contributed by atoms with Crippen molar-refractivity contribution in [1.82, 2.24) is 5.32 Å². The highest BCUT2D eigenvalue weighted by Gasteiger charge is 2.16. The summed E-state index contributed by atoms with van der Waals surface area (Å²) in [7, 11) is 0. The summed E-state index contributed by atoms with van der Waals surface area (Å²) in [6, 6.07) is 5.34. The van der Waals surface area contributed by atoms with Gasteiger partial charge in [-0.05, 0) is 56.9 Å². The van der Waals surface area contributed by atoms with Crippen LogP contribution in [0.1, 0.15) is 31.7 Å². The van der Waals surface area contributed by atoms with Crippen LogP contribution in [-0.4, -0.2) is 44.5 Å². The summed E-state index contributed by atoms with van der Waals surface area (Å²) in [4.78, 5) is 12.0. The smallest absolute Gasteiger partial charge is 0.260 e. The molecule has 5 nitrogen and oxygen atoms in total. The molecule has 134 valence electrons. The zero-order valence-electron chi connectivity index (χ0n) is 14.3. The molecule has 2 unspecified atom stereocenters. The molecule has 0 spiro atoms. The monoisotopic (exact) mass is 355 g/mol. The first-order chi connectivity index (χ1) is 11.6. The molecule has 0 aromatic heterocycles. The predicted molar refractivity (Wildman–Crippen MR) is 93.7 cm³/mol. The first-order valence-corrected chi connectivity index (χ1v) is 8.84. The van der Waals surface area contributed by atoms with Crippen molar-refractivity contribution in [2.45, 2.75) is 45.3 Å². The van der Waals surface area contributed by atoms with Gasteiger partial charge in [0.05, 0.1) is 12.7 Å². The van der Waals surface area contributed by atoms with Crippen LogP contribution in [0, 0.1) is 6.92 Å². The van der Waals surface area contributed by atoms with Crippen LogP contribution in [0.4, 0.5) is 0 Å². The average molecular weight is 356 g/mol. The molecule has 0 bridgehead atoms. The third-order valence-electron chi connectivity index (χ3n) is 3.90. The first-order valence-electron chi connectivity index (χ1n) is 8.46. The van der Waals surface area contributed by atoms with E-state index in [0.717, 1.165) is 31.4 Å². The molecule has 2 atom stereocenters. The molecule has 1 amide bonds. The van der Waals surface area contributed by atoms with Crippen LogP contribution in [0.5, 0.6) is 5.75 Å². The minimum Gasteiger partial charge on any atom is -0.481 e. The number of benzene rings is 1. The number of ether oxygens (including phenoxy) is 3. The van der Waals surface area contributed by atoms with Crippen LogP contribution < -0.4 is 10.1 Å². The standard InChI is InChI=1S/C18H26ClNO4/c1-13-11-15(19)6-7-17(13)24-14(2)18(21)20-8-4-9-22-12-16-5-3-10-23-16/h6-7,11,14,16H,3-5,8-10,12H2,1-2H3,(H,20,21). The Labute approximate surface area is 148 Å². The van der Waals surface area contributed by atoms with Gasteiger partial charge in [-0.2, -0.15) is 0 Å². The molecule has 1 N–H and O–H groups in total. The predicted octanol–water partition coefficient (Wildman–Crippen LogP) is 3.12. The van der Waals surface area contributed by atoms with Crippen molar-refractivity contribution >= 4 is 17.5 Å². The lowest BCUT2D eigenvalue weighted by atomic mass is 10.2. The van der Waals surface area contributed by atoms with Gasteiger partial charge in [-0.25, -0.2) is 0 Å². The van der Waals surface area contributed by atoms with Crippen LogP contribution in [0.3, 0.4) is 0 Å². The van der Waals surface area contributed by atoms with Crippen LogP contribution in [0.25, 0.3) is 0 Å². The highest BCUT2D eigenvalue weighted by Crippen LogP contribution is 2.22. The van der Waals surface area contributed by atoms with E-state index in [1.54, 1.807) is 19.1 Å². The molecule has 1 fully saturated rings. The minimum absolute atomic E-state index is 0.136. The van der Waals surface area contributed by atoms with Gasteiger partial charge in [0.1, 0.15) is 5.75 Å². The number of carbonyl (C=O) groups is 1. The Bertz CT molecular complexity index is 532. The Kier molecular flexibility index (Phi) is 7.82. The fraction of sp³-hybridized carbons (Fsp3) is 0.611. The van der Waals surface area contributed by atoms with Crippen LogP contribution in [0.2, 0.25) is 5.02 Å². The van der Waals surface area contributed by atoms with Crippen molar-refractivity contribution in [1.29, 1.82) is 0 Å². The highest BCUT2D eigenvalue weighted by atomic mass is 35.5. The molecule has 1 saturated heterocycles. The summed E-state index contributed by atoms with van der Waals surface area (Å²) in [5.74, 6) is 0.533. The third kappa shape index (κ3) is 6.30. The van der Waals surface area contributed by atoms with Crippen molar-refractivity contribution in [2.24, 2.45) is 0 Å². The van der Waals surface area contributed by atoms with Gasteiger partial charge in [-0.1, -0.05) is 11.6 Å². The molecular weight excluding hydrogens is 330 g/mol. The molecule has 6 heteroatoms. The summed E-state index contributed by atoms with van der Waals surface area (Å²) in [6.45, 7) is 6.30. The van der Waals surface area contributed by atoms with E-state index in [9.17, 15) is 4.79 Å². The van der Waals surface area contributed by atoms with E-state index in [-0.39, 0.29) is 12.0 Å². The normalized spacial score (nSPS) is 18.4. The summed E-state index contributed by atoms with van der Waals surface area (Å²) in [5, 5.41) is 3.51. The van der Waals surface area contributed by atoms with Gasteiger partial charge in [-0.3, -0.25) is 4.79 Å². The Morgan fingerprint density at radius 2 is 2.33 bits per heavy atom. The van der Waals surface area contributed by atoms with E-state index in [1.807, 2.05) is 13.0 Å². The van der Waals surface area contributed by atoms with Crippen molar-refractivity contribution in [2.75, 3.05) is 26.4 Å². The molecule has 0 aliphatic carbocycles. The number of halogens is 1. The molecule has 1 aliphatic rings. The summed E-state index contributed by atoms with van der Waals surface area (Å²) in [5.41, 5.74) is 0.907. The lowest BCUT2D eigenvalue weighted by Crippen LogP contribution is -2.37. The maximum Gasteiger partial charge on any atom is 0.260 e. The molecule has 0 radical (unpaired) electrons. The number of hydrogen-bond acceptors (Lipinski definition) is 4. The molecule has 1 aromatic rings. The molecule has 24 heavy (non-hydrogen) atoms. The van der Waals surface area contributed by atoms with Gasteiger partial charge in [-0.15, -0.1) is 0 Å². The molecule has 1 aromatic carbocycles. The molecule has 1 heterocycles. The average Bonchev–Trinajstić information content (AvgIpc) is 3.06. The van der Waals surface area contributed by atoms with Crippen LogP contribution >= 0.6 is 11.6 Å². The highest BCUT2D eigenvalue weighted by molar-refractivity contribution is 6.30. The third-order valence-corrected chi connectivity index (χ3v) is 4.14. The molecular formula is C18H26ClNO4. The number of carbonyl (C=O) groups excluding carboxylic acids is 1. The van der Waals surface area contributed by atoms with Gasteiger partial charge in [0.15, 0.2) is 6.10 Å². The SMILES string of the molecule is Cc1cc(Cl)ccc1OC(C)C(=O)NCCCOCC1CCCO1. The topological polar surface area (TPSA) is 56.8 Å². The zero-order valence-corrected chi connectivity index (χ0v) is 15.1. The number of nitrogens with one attached hydrogen (secondary N) is 1. The Balaban J connectivity index is 1.59. The Hall–Kier alpha value is -1.30. The largest absolute Gasteiger partial charge is 0.481 e. The van der Waals surface area contributed by atoms with Crippen LogP contribution in [0.15, 0.2) is 18.2 Å². The molecule has 1 aliphatic heterocycles. The van der Waals surface area contributed by atoms with E-state index in [1.165, 1.54) is 0 Å². The van der Waals surface area contributed by atoms with E-state index in [2.05, 4.69) is 5.32 Å². The number of hydrogen-bond donors (Lipinski definition) is 1. The Morgan fingerprint density at radius 1 is 1.50 bits per heavy atom. The summed E-state index contributed by atoms with van der Waals surface area (Å²) in [6.07, 6.45) is 2.66. The van der Waals surface area contributed by atoms with E-state index in [4.69, 9.17) is 25.8 Å². The van der Waals surface area contributed by atoms with Crippen molar-refractivity contribution < 1.29 is 19.0 Å².